The molecule has 0 unspecified atom stereocenters. The summed E-state index contributed by atoms with van der Waals surface area (Å²) >= 11 is 1.38. The number of thiazole rings is 1. The Morgan fingerprint density at radius 1 is 1.08 bits per heavy atom. The van der Waals surface area contributed by atoms with Crippen LogP contribution in [0.5, 0.6) is 0 Å². The maximum atomic E-state index is 12.5. The molecule has 0 aliphatic rings. The van der Waals surface area contributed by atoms with Gasteiger partial charge in [0.25, 0.3) is 5.91 Å². The van der Waals surface area contributed by atoms with Crippen molar-refractivity contribution in [2.45, 2.75) is 26.8 Å². The number of carbonyl (C=O) groups is 1. The highest BCUT2D eigenvalue weighted by atomic mass is 32.1. The van der Waals surface area contributed by atoms with Crippen LogP contribution in [0.2, 0.25) is 0 Å². The predicted molar refractivity (Wildman–Crippen MR) is 104 cm³/mol. The molecule has 0 spiro atoms. The van der Waals surface area contributed by atoms with E-state index >= 15 is 0 Å². The number of benzene rings is 2. The van der Waals surface area contributed by atoms with E-state index in [4.69, 9.17) is 0 Å². The number of nitrogens with one attached hydrogen (secondary N) is 2. The molecule has 0 atom stereocenters. The molecule has 0 aliphatic heterocycles. The predicted octanol–water partition coefficient (Wildman–Crippen LogP) is 4.69. The standard InChI is InChI=1S/C20H21N3OS/c1-3-16-11-7-8-12-17(16)23-20-22-14(2)18(25-20)19(24)21-13-15-9-5-4-6-10-15/h4-12H,3,13H2,1-2H3,(H,21,24)(H,22,23). The maximum Gasteiger partial charge on any atom is 0.263 e. The second-order valence-corrected chi connectivity index (χ2v) is 6.74. The number of carbonyl (C=O) groups excluding carboxylic acids is 1. The van der Waals surface area contributed by atoms with E-state index in [1.807, 2.05) is 55.5 Å². The summed E-state index contributed by atoms with van der Waals surface area (Å²) in [7, 11) is 0. The number of para-hydroxylation sites is 1. The van der Waals surface area contributed by atoms with Crippen molar-refractivity contribution in [1.82, 2.24) is 10.3 Å². The van der Waals surface area contributed by atoms with E-state index in [1.54, 1.807) is 0 Å². The third-order valence-corrected chi connectivity index (χ3v) is 5.01. The van der Waals surface area contributed by atoms with Gasteiger partial charge in [-0.15, -0.1) is 0 Å². The van der Waals surface area contributed by atoms with Crippen LogP contribution in [0.1, 0.15) is 33.4 Å². The Balaban J connectivity index is 1.70. The van der Waals surface area contributed by atoms with Crippen molar-refractivity contribution in [3.05, 3.63) is 76.3 Å². The number of anilines is 2. The minimum absolute atomic E-state index is 0.0873. The third-order valence-electron chi connectivity index (χ3n) is 3.94. The molecule has 0 bridgehead atoms. The topological polar surface area (TPSA) is 54.0 Å². The molecule has 1 amide bonds. The molecular weight excluding hydrogens is 330 g/mol. The summed E-state index contributed by atoms with van der Waals surface area (Å²) in [5, 5.41) is 7.04. The van der Waals surface area contributed by atoms with E-state index in [2.05, 4.69) is 28.6 Å². The highest BCUT2D eigenvalue weighted by Gasteiger charge is 2.15. The van der Waals surface area contributed by atoms with Gasteiger partial charge in [0.15, 0.2) is 5.13 Å². The quantitative estimate of drug-likeness (QED) is 0.677. The molecular formula is C20H21N3OS. The van der Waals surface area contributed by atoms with Crippen molar-refractivity contribution in [3.63, 3.8) is 0 Å². The number of aromatic nitrogens is 1. The minimum Gasteiger partial charge on any atom is -0.347 e. The third kappa shape index (κ3) is 4.25. The summed E-state index contributed by atoms with van der Waals surface area (Å²) in [4.78, 5) is 17.6. The Hall–Kier alpha value is -2.66. The molecule has 1 aromatic heterocycles. The van der Waals surface area contributed by atoms with Crippen LogP contribution in [0.25, 0.3) is 0 Å². The Morgan fingerprint density at radius 3 is 2.56 bits per heavy atom. The fraction of sp³-hybridized carbons (Fsp3) is 0.200. The van der Waals surface area contributed by atoms with Gasteiger partial charge >= 0.3 is 0 Å². The Bertz CT molecular complexity index is 858. The zero-order valence-electron chi connectivity index (χ0n) is 14.4. The van der Waals surface area contributed by atoms with E-state index in [-0.39, 0.29) is 5.91 Å². The maximum absolute atomic E-state index is 12.5. The van der Waals surface area contributed by atoms with Gasteiger partial charge in [-0.3, -0.25) is 4.79 Å². The lowest BCUT2D eigenvalue weighted by molar-refractivity contribution is 0.0954. The number of amides is 1. The lowest BCUT2D eigenvalue weighted by Gasteiger charge is -2.07. The number of hydrogen-bond acceptors (Lipinski definition) is 4. The second-order valence-electron chi connectivity index (χ2n) is 5.74. The zero-order chi connectivity index (χ0) is 17.6. The van der Waals surface area contributed by atoms with Crippen molar-refractivity contribution in [3.8, 4) is 0 Å². The van der Waals surface area contributed by atoms with Crippen molar-refractivity contribution in [1.29, 1.82) is 0 Å². The largest absolute Gasteiger partial charge is 0.347 e. The van der Waals surface area contributed by atoms with E-state index < -0.39 is 0 Å². The summed E-state index contributed by atoms with van der Waals surface area (Å²) in [6, 6.07) is 18.0. The average Bonchev–Trinajstić information content (AvgIpc) is 3.01. The van der Waals surface area contributed by atoms with Gasteiger partial charge in [0.2, 0.25) is 0 Å². The monoisotopic (exact) mass is 351 g/mol. The van der Waals surface area contributed by atoms with Gasteiger partial charge in [-0.25, -0.2) is 4.98 Å². The Labute approximate surface area is 151 Å². The lowest BCUT2D eigenvalue weighted by Crippen LogP contribution is -2.22. The zero-order valence-corrected chi connectivity index (χ0v) is 15.2. The molecule has 25 heavy (non-hydrogen) atoms. The van der Waals surface area contributed by atoms with Gasteiger partial charge in [0.05, 0.1) is 5.69 Å². The van der Waals surface area contributed by atoms with E-state index in [9.17, 15) is 4.79 Å². The molecule has 0 saturated heterocycles. The smallest absolute Gasteiger partial charge is 0.263 e. The molecule has 3 aromatic rings. The van der Waals surface area contributed by atoms with Crippen LogP contribution in [0, 0.1) is 6.92 Å². The average molecular weight is 351 g/mol. The van der Waals surface area contributed by atoms with Crippen LogP contribution < -0.4 is 10.6 Å². The summed E-state index contributed by atoms with van der Waals surface area (Å²) < 4.78 is 0. The first-order chi connectivity index (χ1) is 12.2. The molecule has 0 aliphatic carbocycles. The van der Waals surface area contributed by atoms with Crippen molar-refractivity contribution in [2.75, 3.05) is 5.32 Å². The first-order valence-electron chi connectivity index (χ1n) is 8.32. The van der Waals surface area contributed by atoms with E-state index in [0.717, 1.165) is 28.5 Å². The fourth-order valence-corrected chi connectivity index (χ4v) is 3.48. The second kappa shape index (κ2) is 7.94. The highest BCUT2D eigenvalue weighted by molar-refractivity contribution is 7.17. The molecule has 1 heterocycles. The first-order valence-corrected chi connectivity index (χ1v) is 9.13. The molecule has 0 saturated carbocycles. The van der Waals surface area contributed by atoms with Gasteiger partial charge in [-0.05, 0) is 30.5 Å². The lowest BCUT2D eigenvalue weighted by atomic mass is 10.1. The van der Waals surface area contributed by atoms with Crippen molar-refractivity contribution < 1.29 is 4.79 Å². The molecule has 2 N–H and O–H groups in total. The van der Waals surface area contributed by atoms with Gasteiger partial charge in [-0.1, -0.05) is 66.8 Å². The molecule has 3 rings (SSSR count). The summed E-state index contributed by atoms with van der Waals surface area (Å²) in [5.41, 5.74) is 4.08. The van der Waals surface area contributed by atoms with Gasteiger partial charge in [-0.2, -0.15) is 0 Å². The molecule has 2 aromatic carbocycles. The molecule has 0 fully saturated rings. The van der Waals surface area contributed by atoms with Crippen LogP contribution >= 0.6 is 11.3 Å². The molecule has 4 nitrogen and oxygen atoms in total. The Kier molecular flexibility index (Phi) is 5.46. The van der Waals surface area contributed by atoms with Crippen molar-refractivity contribution in [2.24, 2.45) is 0 Å². The van der Waals surface area contributed by atoms with Crippen LogP contribution in [0.4, 0.5) is 10.8 Å². The molecule has 5 heteroatoms. The summed E-state index contributed by atoms with van der Waals surface area (Å²) in [6.45, 7) is 4.50. The summed E-state index contributed by atoms with van der Waals surface area (Å²) in [6.07, 6.45) is 0.942. The van der Waals surface area contributed by atoms with Gasteiger partial charge in [0.1, 0.15) is 4.88 Å². The highest BCUT2D eigenvalue weighted by Crippen LogP contribution is 2.27. The van der Waals surface area contributed by atoms with Gasteiger partial charge in [0, 0.05) is 12.2 Å². The van der Waals surface area contributed by atoms with E-state index in [0.29, 0.717) is 11.4 Å². The fourth-order valence-electron chi connectivity index (χ4n) is 2.58. The first kappa shape index (κ1) is 17.2. The number of nitrogens with zero attached hydrogens (tertiary/aromatic N) is 1. The molecule has 128 valence electrons. The van der Waals surface area contributed by atoms with Crippen LogP contribution in [0.15, 0.2) is 54.6 Å². The number of rotatable bonds is 6. The summed E-state index contributed by atoms with van der Waals surface area (Å²) in [5.74, 6) is -0.0873. The van der Waals surface area contributed by atoms with Crippen molar-refractivity contribution >= 4 is 28.1 Å². The number of hydrogen-bond donors (Lipinski definition) is 2. The van der Waals surface area contributed by atoms with Crippen LogP contribution in [-0.4, -0.2) is 10.9 Å². The van der Waals surface area contributed by atoms with Crippen LogP contribution in [-0.2, 0) is 13.0 Å². The van der Waals surface area contributed by atoms with E-state index in [1.165, 1.54) is 16.9 Å². The normalized spacial score (nSPS) is 10.5. The number of aryl methyl sites for hydroxylation is 2. The van der Waals surface area contributed by atoms with Crippen LogP contribution in [0.3, 0.4) is 0 Å². The SMILES string of the molecule is CCc1ccccc1Nc1nc(C)c(C(=O)NCc2ccccc2)s1. The van der Waals surface area contributed by atoms with Gasteiger partial charge < -0.3 is 10.6 Å². The minimum atomic E-state index is -0.0873. The Morgan fingerprint density at radius 2 is 1.80 bits per heavy atom. The molecule has 0 radical (unpaired) electrons.